The Balaban J connectivity index is 2.85. The highest BCUT2D eigenvalue weighted by molar-refractivity contribution is 6.17. The number of hydrogen-bond donors (Lipinski definition) is 0. The molecule has 1 aromatic carbocycles. The van der Waals surface area contributed by atoms with Crippen LogP contribution in [0.3, 0.4) is 0 Å². The van der Waals surface area contributed by atoms with Gasteiger partial charge in [-0.2, -0.15) is 0 Å². The van der Waals surface area contributed by atoms with Crippen molar-refractivity contribution in [1.82, 2.24) is 0 Å². The van der Waals surface area contributed by atoms with E-state index in [1.807, 2.05) is 25.1 Å². The fourth-order valence-electron chi connectivity index (χ4n) is 1.83. The number of hydrogen-bond acceptors (Lipinski definition) is 2. The number of halogens is 1. The fourth-order valence-corrected chi connectivity index (χ4v) is 2.04. The standard InChI is InChI=1S/C15H23ClO2/c1-5-11(2)14(8-9-16)18-15-10-13(17-4)7-6-12(15)3/h6-7,10-11,14H,5,8-9H2,1-4H3. The Morgan fingerprint density at radius 2 is 2.06 bits per heavy atom. The predicted molar refractivity (Wildman–Crippen MR) is 76.9 cm³/mol. The van der Waals surface area contributed by atoms with E-state index in [9.17, 15) is 0 Å². The summed E-state index contributed by atoms with van der Waals surface area (Å²) < 4.78 is 11.3. The average Bonchev–Trinajstić information content (AvgIpc) is 2.39. The summed E-state index contributed by atoms with van der Waals surface area (Å²) in [5.41, 5.74) is 1.12. The lowest BCUT2D eigenvalue weighted by Gasteiger charge is -2.25. The normalized spacial score (nSPS) is 14.1. The van der Waals surface area contributed by atoms with Crippen LogP contribution in [0, 0.1) is 12.8 Å². The van der Waals surface area contributed by atoms with Crippen molar-refractivity contribution in [3.8, 4) is 11.5 Å². The van der Waals surface area contributed by atoms with Crippen LogP contribution in [0.15, 0.2) is 18.2 Å². The van der Waals surface area contributed by atoms with Crippen LogP contribution in [0.4, 0.5) is 0 Å². The van der Waals surface area contributed by atoms with Crippen molar-refractivity contribution in [3.63, 3.8) is 0 Å². The van der Waals surface area contributed by atoms with E-state index in [-0.39, 0.29) is 6.10 Å². The highest BCUT2D eigenvalue weighted by Crippen LogP contribution is 2.27. The van der Waals surface area contributed by atoms with Gasteiger partial charge in [0.15, 0.2) is 0 Å². The summed E-state index contributed by atoms with van der Waals surface area (Å²) in [6, 6.07) is 5.91. The molecule has 0 aromatic heterocycles. The Bertz CT molecular complexity index is 366. The summed E-state index contributed by atoms with van der Waals surface area (Å²) in [5, 5.41) is 0. The molecule has 0 N–H and O–H groups in total. The monoisotopic (exact) mass is 270 g/mol. The lowest BCUT2D eigenvalue weighted by Crippen LogP contribution is -2.25. The van der Waals surface area contributed by atoms with Gasteiger partial charge in [-0.25, -0.2) is 0 Å². The summed E-state index contributed by atoms with van der Waals surface area (Å²) in [5.74, 6) is 2.83. The first kappa shape index (κ1) is 15.2. The molecule has 0 aliphatic heterocycles. The molecule has 3 heteroatoms. The molecule has 1 rings (SSSR count). The van der Waals surface area contributed by atoms with Crippen molar-refractivity contribution < 1.29 is 9.47 Å². The van der Waals surface area contributed by atoms with Crippen LogP contribution in [0.1, 0.15) is 32.3 Å². The van der Waals surface area contributed by atoms with E-state index in [4.69, 9.17) is 21.1 Å². The third-order valence-electron chi connectivity index (χ3n) is 3.35. The molecular formula is C15H23ClO2. The lowest BCUT2D eigenvalue weighted by atomic mass is 9.99. The third-order valence-corrected chi connectivity index (χ3v) is 3.56. The highest BCUT2D eigenvalue weighted by atomic mass is 35.5. The van der Waals surface area contributed by atoms with Crippen molar-refractivity contribution in [2.75, 3.05) is 13.0 Å². The molecule has 0 fully saturated rings. The smallest absolute Gasteiger partial charge is 0.126 e. The molecule has 1 aromatic rings. The van der Waals surface area contributed by atoms with Crippen LogP contribution in [-0.4, -0.2) is 19.1 Å². The van der Waals surface area contributed by atoms with E-state index < -0.39 is 0 Å². The first-order valence-electron chi connectivity index (χ1n) is 6.49. The van der Waals surface area contributed by atoms with E-state index in [0.29, 0.717) is 11.8 Å². The Morgan fingerprint density at radius 1 is 1.33 bits per heavy atom. The van der Waals surface area contributed by atoms with E-state index in [1.54, 1.807) is 7.11 Å². The maximum Gasteiger partial charge on any atom is 0.126 e. The van der Waals surface area contributed by atoms with Gasteiger partial charge >= 0.3 is 0 Å². The quantitative estimate of drug-likeness (QED) is 0.683. The molecule has 0 aliphatic rings. The average molecular weight is 271 g/mol. The number of aryl methyl sites for hydroxylation is 1. The van der Waals surface area contributed by atoms with Gasteiger partial charge in [-0.3, -0.25) is 0 Å². The molecule has 0 aliphatic carbocycles. The van der Waals surface area contributed by atoms with Gasteiger partial charge in [-0.15, -0.1) is 11.6 Å². The molecule has 2 unspecified atom stereocenters. The second-order valence-corrected chi connectivity index (χ2v) is 5.03. The molecule has 0 amide bonds. The number of methoxy groups -OCH3 is 1. The van der Waals surface area contributed by atoms with Gasteiger partial charge in [0.1, 0.15) is 17.6 Å². The molecule has 18 heavy (non-hydrogen) atoms. The summed E-state index contributed by atoms with van der Waals surface area (Å²) in [4.78, 5) is 0. The van der Waals surface area contributed by atoms with Crippen LogP contribution < -0.4 is 9.47 Å². The minimum Gasteiger partial charge on any atom is -0.497 e. The Hall–Kier alpha value is -0.890. The van der Waals surface area contributed by atoms with Crippen molar-refractivity contribution in [2.45, 2.75) is 39.7 Å². The van der Waals surface area contributed by atoms with Crippen molar-refractivity contribution in [1.29, 1.82) is 0 Å². The molecule has 0 radical (unpaired) electrons. The maximum absolute atomic E-state index is 6.12. The first-order valence-corrected chi connectivity index (χ1v) is 7.03. The van der Waals surface area contributed by atoms with Crippen LogP contribution in [-0.2, 0) is 0 Å². The number of rotatable bonds is 7. The predicted octanol–water partition coefficient (Wildman–Crippen LogP) is 4.43. The van der Waals surface area contributed by atoms with Gasteiger partial charge in [0.2, 0.25) is 0 Å². The van der Waals surface area contributed by atoms with Crippen LogP contribution in [0.25, 0.3) is 0 Å². The zero-order chi connectivity index (χ0) is 13.5. The van der Waals surface area contributed by atoms with Gasteiger partial charge in [-0.05, 0) is 30.9 Å². The second kappa shape index (κ2) is 7.52. The fraction of sp³-hybridized carbons (Fsp3) is 0.600. The van der Waals surface area contributed by atoms with Crippen LogP contribution >= 0.6 is 11.6 Å². The van der Waals surface area contributed by atoms with E-state index in [2.05, 4.69) is 13.8 Å². The van der Waals surface area contributed by atoms with Crippen molar-refractivity contribution in [2.24, 2.45) is 5.92 Å². The third kappa shape index (κ3) is 4.09. The summed E-state index contributed by atoms with van der Waals surface area (Å²) >= 11 is 5.86. The van der Waals surface area contributed by atoms with Gasteiger partial charge in [-0.1, -0.05) is 26.3 Å². The molecule has 0 saturated carbocycles. The number of benzene rings is 1. The summed E-state index contributed by atoms with van der Waals surface area (Å²) in [6.07, 6.45) is 2.12. The van der Waals surface area contributed by atoms with Gasteiger partial charge in [0.05, 0.1) is 7.11 Å². The van der Waals surface area contributed by atoms with E-state index in [1.165, 1.54) is 0 Å². The maximum atomic E-state index is 6.12. The Kier molecular flexibility index (Phi) is 6.34. The highest BCUT2D eigenvalue weighted by Gasteiger charge is 2.18. The molecular weight excluding hydrogens is 248 g/mol. The topological polar surface area (TPSA) is 18.5 Å². The van der Waals surface area contributed by atoms with Crippen molar-refractivity contribution in [3.05, 3.63) is 23.8 Å². The summed E-state index contributed by atoms with van der Waals surface area (Å²) in [7, 11) is 1.67. The largest absolute Gasteiger partial charge is 0.497 e. The van der Waals surface area contributed by atoms with Crippen molar-refractivity contribution >= 4 is 11.6 Å². The Labute approximate surface area is 115 Å². The van der Waals surface area contributed by atoms with Gasteiger partial charge in [0, 0.05) is 11.9 Å². The summed E-state index contributed by atoms with van der Waals surface area (Å²) in [6.45, 7) is 6.42. The molecule has 0 saturated heterocycles. The SMILES string of the molecule is CCC(C)C(CCCl)Oc1cc(OC)ccc1C. The van der Waals surface area contributed by atoms with Gasteiger partial charge < -0.3 is 9.47 Å². The number of alkyl halides is 1. The molecule has 2 nitrogen and oxygen atoms in total. The first-order chi connectivity index (χ1) is 8.62. The second-order valence-electron chi connectivity index (χ2n) is 4.65. The van der Waals surface area contributed by atoms with Crippen LogP contribution in [0.5, 0.6) is 11.5 Å². The lowest BCUT2D eigenvalue weighted by molar-refractivity contribution is 0.135. The minimum absolute atomic E-state index is 0.165. The van der Waals surface area contributed by atoms with E-state index >= 15 is 0 Å². The molecule has 0 bridgehead atoms. The molecule has 0 heterocycles. The molecule has 0 spiro atoms. The molecule has 2 atom stereocenters. The zero-order valence-corrected chi connectivity index (χ0v) is 12.5. The minimum atomic E-state index is 0.165. The number of ether oxygens (including phenoxy) is 2. The van der Waals surface area contributed by atoms with Crippen LogP contribution in [0.2, 0.25) is 0 Å². The van der Waals surface area contributed by atoms with E-state index in [0.717, 1.165) is 29.9 Å². The Morgan fingerprint density at radius 3 is 2.61 bits per heavy atom. The zero-order valence-electron chi connectivity index (χ0n) is 11.7. The molecule has 102 valence electrons. The van der Waals surface area contributed by atoms with Gasteiger partial charge in [0.25, 0.3) is 0 Å².